The maximum absolute atomic E-state index is 12.9. The van der Waals surface area contributed by atoms with E-state index in [-0.39, 0.29) is 12.6 Å². The number of likely N-dealkylation sites (N-methyl/N-ethyl adjacent to an activating group) is 1. The summed E-state index contributed by atoms with van der Waals surface area (Å²) in [5, 5.41) is 9.57. The monoisotopic (exact) mass is 439 g/mol. The molecule has 2 unspecified atom stereocenters. The van der Waals surface area contributed by atoms with Crippen LogP contribution in [0.4, 0.5) is 13.2 Å². The Bertz CT molecular complexity index is 645. The van der Waals surface area contributed by atoms with Gasteiger partial charge in [-0.25, -0.2) is 0 Å². The lowest BCUT2D eigenvalue weighted by molar-refractivity contribution is -0.249. The van der Waals surface area contributed by atoms with Gasteiger partial charge in [0, 0.05) is 25.8 Å². The Kier molecular flexibility index (Phi) is 6.57. The number of aliphatic hydroxyl groups is 1. The predicted octanol–water partition coefficient (Wildman–Crippen LogP) is 3.28. The molecule has 0 saturated carbocycles. The lowest BCUT2D eigenvalue weighted by Crippen LogP contribution is -2.54. The molecular formula is C17H21BrF3NO4. The van der Waals surface area contributed by atoms with Crippen molar-refractivity contribution in [2.45, 2.75) is 44.2 Å². The number of carbonyl (C=O) groups is 1. The molecule has 1 saturated heterocycles. The van der Waals surface area contributed by atoms with E-state index in [9.17, 15) is 23.1 Å². The third-order valence-corrected chi connectivity index (χ3v) is 4.83. The minimum atomic E-state index is -5.06. The molecule has 1 heterocycles. The zero-order valence-corrected chi connectivity index (χ0v) is 16.1. The number of rotatable bonds is 6. The Balaban J connectivity index is 2.13. The van der Waals surface area contributed by atoms with E-state index in [0.29, 0.717) is 35.9 Å². The molecule has 9 heteroatoms. The number of benzene rings is 1. The summed E-state index contributed by atoms with van der Waals surface area (Å²) < 4.78 is 50.5. The van der Waals surface area contributed by atoms with Gasteiger partial charge in [0.25, 0.3) is 5.91 Å². The molecule has 146 valence electrons. The molecule has 1 aromatic carbocycles. The number of nitrogens with zero attached hydrogens (tertiary/aromatic N) is 1. The van der Waals surface area contributed by atoms with Crippen LogP contribution in [-0.4, -0.2) is 54.1 Å². The van der Waals surface area contributed by atoms with Gasteiger partial charge in [-0.3, -0.25) is 4.79 Å². The molecule has 1 fully saturated rings. The number of carbonyl (C=O) groups excluding carboxylic acids is 1. The minimum Gasteiger partial charge on any atom is -0.489 e. The fraction of sp³-hybridized carbons (Fsp3) is 0.588. The fourth-order valence-corrected chi connectivity index (χ4v) is 3.13. The van der Waals surface area contributed by atoms with Gasteiger partial charge in [0.2, 0.25) is 5.60 Å². The van der Waals surface area contributed by atoms with Crippen LogP contribution in [0.15, 0.2) is 22.7 Å². The van der Waals surface area contributed by atoms with Crippen molar-refractivity contribution in [2.24, 2.45) is 0 Å². The van der Waals surface area contributed by atoms with Crippen LogP contribution in [0.5, 0.6) is 5.75 Å². The lowest BCUT2D eigenvalue weighted by Gasteiger charge is -2.30. The highest BCUT2D eigenvalue weighted by atomic mass is 79.9. The van der Waals surface area contributed by atoms with E-state index in [1.165, 1.54) is 7.05 Å². The molecule has 1 aliphatic heterocycles. The normalized spacial score (nSPS) is 19.9. The van der Waals surface area contributed by atoms with Crippen LogP contribution in [0.3, 0.4) is 0 Å². The number of halogens is 4. The third-order valence-electron chi connectivity index (χ3n) is 4.21. The number of amides is 1. The first-order valence-corrected chi connectivity index (χ1v) is 8.89. The summed E-state index contributed by atoms with van der Waals surface area (Å²) in [6.07, 6.45) is -3.25. The highest BCUT2D eigenvalue weighted by Crippen LogP contribution is 2.34. The number of ether oxygens (including phenoxy) is 2. The van der Waals surface area contributed by atoms with E-state index in [1.807, 2.05) is 0 Å². The first-order chi connectivity index (χ1) is 12.0. The molecular weight excluding hydrogens is 419 g/mol. The second-order valence-corrected chi connectivity index (χ2v) is 7.26. The molecule has 0 aliphatic carbocycles. The topological polar surface area (TPSA) is 59.0 Å². The summed E-state index contributed by atoms with van der Waals surface area (Å²) in [4.78, 5) is 12.9. The van der Waals surface area contributed by atoms with E-state index in [0.717, 1.165) is 17.7 Å². The fourth-order valence-electron chi connectivity index (χ4n) is 2.61. The molecule has 0 bridgehead atoms. The average Bonchev–Trinajstić information content (AvgIpc) is 3.05. The minimum absolute atomic E-state index is 0.0275. The van der Waals surface area contributed by atoms with Gasteiger partial charge in [-0.05, 0) is 41.8 Å². The summed E-state index contributed by atoms with van der Waals surface area (Å²) in [5.41, 5.74) is -2.93. The summed E-state index contributed by atoms with van der Waals surface area (Å²) in [7, 11) is 1.20. The molecule has 2 rings (SSSR count). The Hall–Kier alpha value is -1.32. The van der Waals surface area contributed by atoms with Gasteiger partial charge >= 0.3 is 6.18 Å². The Labute approximate surface area is 158 Å². The second-order valence-electron chi connectivity index (χ2n) is 6.41. The zero-order valence-electron chi connectivity index (χ0n) is 14.5. The SMILES string of the molecule is CN(Cc1cccc(Br)c1OCC1CCCO1)C(=O)C(C)(O)C(F)(F)F. The highest BCUT2D eigenvalue weighted by molar-refractivity contribution is 9.10. The van der Waals surface area contributed by atoms with Crippen molar-refractivity contribution < 1.29 is 32.5 Å². The Morgan fingerprint density at radius 3 is 2.73 bits per heavy atom. The predicted molar refractivity (Wildman–Crippen MR) is 91.8 cm³/mol. The standard InChI is InChI=1S/C17H21BrF3NO4/c1-16(24,17(19,20)21)15(23)22(2)9-11-5-3-7-13(18)14(11)26-10-12-6-4-8-25-12/h3,5,7,12,24H,4,6,8-10H2,1-2H3. The van der Waals surface area contributed by atoms with Crippen molar-refractivity contribution in [3.05, 3.63) is 28.2 Å². The molecule has 0 aromatic heterocycles. The number of alkyl halides is 3. The van der Waals surface area contributed by atoms with Crippen molar-refractivity contribution in [2.75, 3.05) is 20.3 Å². The van der Waals surface area contributed by atoms with Crippen molar-refractivity contribution >= 4 is 21.8 Å². The van der Waals surface area contributed by atoms with Crippen molar-refractivity contribution in [1.29, 1.82) is 0 Å². The van der Waals surface area contributed by atoms with Crippen LogP contribution in [0.2, 0.25) is 0 Å². The van der Waals surface area contributed by atoms with Gasteiger partial charge in [0.15, 0.2) is 0 Å². The molecule has 1 amide bonds. The van der Waals surface area contributed by atoms with Gasteiger partial charge in [-0.1, -0.05) is 12.1 Å². The molecule has 1 N–H and O–H groups in total. The summed E-state index contributed by atoms with van der Waals surface area (Å²) >= 11 is 3.36. The molecule has 26 heavy (non-hydrogen) atoms. The van der Waals surface area contributed by atoms with Crippen LogP contribution >= 0.6 is 15.9 Å². The Morgan fingerprint density at radius 1 is 1.46 bits per heavy atom. The van der Waals surface area contributed by atoms with Crippen LogP contribution in [0.25, 0.3) is 0 Å². The van der Waals surface area contributed by atoms with Gasteiger partial charge in [-0.2, -0.15) is 13.2 Å². The highest BCUT2D eigenvalue weighted by Gasteiger charge is 2.56. The maximum atomic E-state index is 12.9. The molecule has 1 aromatic rings. The van der Waals surface area contributed by atoms with Crippen LogP contribution in [-0.2, 0) is 16.1 Å². The van der Waals surface area contributed by atoms with Gasteiger partial charge in [0.1, 0.15) is 12.4 Å². The molecule has 1 aliphatic rings. The summed E-state index contributed by atoms with van der Waals surface area (Å²) in [5.74, 6) is -0.996. The zero-order chi connectivity index (χ0) is 19.5. The average molecular weight is 440 g/mol. The van der Waals surface area contributed by atoms with Crippen LogP contribution in [0, 0.1) is 0 Å². The third kappa shape index (κ3) is 4.69. The number of hydrogen-bond acceptors (Lipinski definition) is 4. The second kappa shape index (κ2) is 8.14. The van der Waals surface area contributed by atoms with Gasteiger partial charge < -0.3 is 19.5 Å². The van der Waals surface area contributed by atoms with E-state index < -0.39 is 17.7 Å². The van der Waals surface area contributed by atoms with E-state index >= 15 is 0 Å². The summed E-state index contributed by atoms with van der Waals surface area (Å²) in [6, 6.07) is 5.09. The smallest absolute Gasteiger partial charge is 0.426 e. The summed E-state index contributed by atoms with van der Waals surface area (Å²) in [6.45, 7) is 1.29. The molecule has 5 nitrogen and oxygen atoms in total. The lowest BCUT2D eigenvalue weighted by atomic mass is 10.0. The molecule has 0 spiro atoms. The van der Waals surface area contributed by atoms with E-state index in [1.54, 1.807) is 18.2 Å². The maximum Gasteiger partial charge on any atom is 0.426 e. The van der Waals surface area contributed by atoms with Crippen molar-refractivity contribution in [3.8, 4) is 5.75 Å². The molecule has 0 radical (unpaired) electrons. The van der Waals surface area contributed by atoms with Gasteiger partial charge in [-0.15, -0.1) is 0 Å². The van der Waals surface area contributed by atoms with Crippen molar-refractivity contribution in [3.63, 3.8) is 0 Å². The Morgan fingerprint density at radius 2 is 2.15 bits per heavy atom. The number of para-hydroxylation sites is 1. The van der Waals surface area contributed by atoms with Crippen LogP contribution < -0.4 is 4.74 Å². The van der Waals surface area contributed by atoms with Crippen LogP contribution in [0.1, 0.15) is 25.3 Å². The van der Waals surface area contributed by atoms with E-state index in [2.05, 4.69) is 15.9 Å². The van der Waals surface area contributed by atoms with E-state index in [4.69, 9.17) is 9.47 Å². The molecule has 2 atom stereocenters. The first-order valence-electron chi connectivity index (χ1n) is 8.10. The number of hydrogen-bond donors (Lipinski definition) is 1. The quantitative estimate of drug-likeness (QED) is 0.738. The first kappa shape index (κ1) is 21.0. The largest absolute Gasteiger partial charge is 0.489 e. The van der Waals surface area contributed by atoms with Crippen molar-refractivity contribution in [1.82, 2.24) is 4.90 Å². The van der Waals surface area contributed by atoms with Gasteiger partial charge in [0.05, 0.1) is 10.6 Å².